The molecule has 2 aromatic heterocycles. The monoisotopic (exact) mass is 589 g/mol. The zero-order valence-electron chi connectivity index (χ0n) is 23.4. The van der Waals surface area contributed by atoms with Crippen molar-refractivity contribution in [3.8, 4) is 5.75 Å². The molecule has 0 spiro atoms. The topological polar surface area (TPSA) is 124 Å². The van der Waals surface area contributed by atoms with Gasteiger partial charge in [0.05, 0.1) is 23.9 Å². The summed E-state index contributed by atoms with van der Waals surface area (Å²) < 4.78 is 12.5. The summed E-state index contributed by atoms with van der Waals surface area (Å²) in [6, 6.07) is 16.0. The lowest BCUT2D eigenvalue weighted by Crippen LogP contribution is -2.40. The van der Waals surface area contributed by atoms with Crippen LogP contribution in [-0.4, -0.2) is 65.9 Å². The lowest BCUT2D eigenvalue weighted by atomic mass is 10.1. The van der Waals surface area contributed by atoms with Crippen molar-refractivity contribution in [3.63, 3.8) is 0 Å². The van der Waals surface area contributed by atoms with Gasteiger partial charge in [0.25, 0.3) is 17.4 Å². The van der Waals surface area contributed by atoms with E-state index in [1.807, 2.05) is 18.2 Å². The standard InChI is InChI=1S/C31H31N3O7S/c1-19(35)41-18-25(37)33-16-8-11-21(33)14-15-32-30(38)29-27(40-2)26-28(42-29)22-12-6-7-13-23(22)34(31(26)39)17-24(36)20-9-4-3-5-10-20/h3-7,9-10,12-13,21H,8,11,14-18H2,1-2H3,(H,32,38). The Bertz CT molecular complexity index is 1730. The number of amides is 2. The number of nitrogens with zero attached hydrogens (tertiary/aromatic N) is 2. The van der Waals surface area contributed by atoms with Gasteiger partial charge >= 0.3 is 5.97 Å². The SMILES string of the molecule is COc1c(C(=O)NCCC2CCCN2C(=O)COC(C)=O)sc2c1c(=O)n(CC(=O)c1ccccc1)c1ccccc21. The molecule has 1 fully saturated rings. The Hall–Kier alpha value is -4.51. The Labute approximate surface area is 245 Å². The maximum absolute atomic E-state index is 13.8. The van der Waals surface area contributed by atoms with Crippen LogP contribution in [-0.2, 0) is 20.9 Å². The van der Waals surface area contributed by atoms with Gasteiger partial charge in [0.15, 0.2) is 18.1 Å². The number of hydrogen-bond donors (Lipinski definition) is 1. The maximum Gasteiger partial charge on any atom is 0.303 e. The number of rotatable bonds is 10. The Morgan fingerprint density at radius 1 is 1.05 bits per heavy atom. The molecule has 218 valence electrons. The smallest absolute Gasteiger partial charge is 0.303 e. The molecule has 0 bridgehead atoms. The molecule has 1 aliphatic rings. The number of nitrogens with one attached hydrogen (secondary N) is 1. The van der Waals surface area contributed by atoms with E-state index in [1.54, 1.807) is 41.3 Å². The molecule has 0 radical (unpaired) electrons. The Kier molecular flexibility index (Phi) is 8.67. The van der Waals surface area contributed by atoms with Gasteiger partial charge in [-0.15, -0.1) is 11.3 Å². The molecule has 11 heteroatoms. The van der Waals surface area contributed by atoms with Crippen molar-refractivity contribution >= 4 is 55.9 Å². The predicted molar refractivity (Wildman–Crippen MR) is 159 cm³/mol. The van der Waals surface area contributed by atoms with E-state index < -0.39 is 11.5 Å². The van der Waals surface area contributed by atoms with E-state index in [2.05, 4.69) is 5.32 Å². The lowest BCUT2D eigenvalue weighted by molar-refractivity contribution is -0.150. The fourth-order valence-corrected chi connectivity index (χ4v) is 6.66. The number of benzene rings is 2. The van der Waals surface area contributed by atoms with Gasteiger partial charge < -0.3 is 19.7 Å². The highest BCUT2D eigenvalue weighted by Gasteiger charge is 2.30. The fraction of sp³-hybridized carbons (Fsp3) is 0.323. The van der Waals surface area contributed by atoms with Crippen molar-refractivity contribution in [2.45, 2.75) is 38.8 Å². The Morgan fingerprint density at radius 3 is 2.52 bits per heavy atom. The van der Waals surface area contributed by atoms with Crippen molar-refractivity contribution in [1.29, 1.82) is 0 Å². The highest BCUT2D eigenvalue weighted by atomic mass is 32.1. The lowest BCUT2D eigenvalue weighted by Gasteiger charge is -2.24. The van der Waals surface area contributed by atoms with Crippen LogP contribution < -0.4 is 15.6 Å². The van der Waals surface area contributed by atoms with Crippen LogP contribution in [0.4, 0.5) is 0 Å². The van der Waals surface area contributed by atoms with Crippen LogP contribution >= 0.6 is 11.3 Å². The van der Waals surface area contributed by atoms with Gasteiger partial charge in [0.1, 0.15) is 10.3 Å². The molecule has 1 atom stereocenters. The van der Waals surface area contributed by atoms with E-state index in [9.17, 15) is 24.0 Å². The number of pyridine rings is 1. The molecule has 2 amide bonds. The first-order valence-corrected chi connectivity index (χ1v) is 14.5. The minimum Gasteiger partial charge on any atom is -0.494 e. The summed E-state index contributed by atoms with van der Waals surface area (Å²) in [4.78, 5) is 65.8. The van der Waals surface area contributed by atoms with Crippen LogP contribution in [0.2, 0.25) is 0 Å². The molecule has 1 aliphatic heterocycles. The van der Waals surface area contributed by atoms with Gasteiger partial charge in [-0.1, -0.05) is 48.5 Å². The minimum atomic E-state index is -0.508. The highest BCUT2D eigenvalue weighted by Crippen LogP contribution is 2.39. The highest BCUT2D eigenvalue weighted by molar-refractivity contribution is 7.22. The Morgan fingerprint density at radius 2 is 1.79 bits per heavy atom. The van der Waals surface area contributed by atoms with Crippen LogP contribution in [0.5, 0.6) is 5.75 Å². The number of fused-ring (bicyclic) bond motifs is 3. The molecule has 0 saturated carbocycles. The number of Topliss-reactive ketones (excluding diaryl/α,β-unsaturated/α-hetero) is 1. The number of carbonyl (C=O) groups excluding carboxylic acids is 4. The maximum atomic E-state index is 13.8. The zero-order valence-corrected chi connectivity index (χ0v) is 24.2. The van der Waals surface area contributed by atoms with E-state index in [1.165, 1.54) is 29.9 Å². The van der Waals surface area contributed by atoms with E-state index in [4.69, 9.17) is 9.47 Å². The molecule has 4 aromatic rings. The summed E-state index contributed by atoms with van der Waals surface area (Å²) >= 11 is 1.17. The summed E-state index contributed by atoms with van der Waals surface area (Å²) in [6.45, 7) is 1.69. The summed E-state index contributed by atoms with van der Waals surface area (Å²) in [5, 5.41) is 3.91. The number of para-hydroxylation sites is 1. The molecular formula is C31H31N3O7S. The number of ether oxygens (including phenoxy) is 2. The van der Waals surface area contributed by atoms with Gasteiger partial charge in [0.2, 0.25) is 0 Å². The number of carbonyl (C=O) groups is 4. The summed E-state index contributed by atoms with van der Waals surface area (Å²) in [7, 11) is 1.41. The summed E-state index contributed by atoms with van der Waals surface area (Å²) in [5.41, 5.74) is 0.683. The number of hydrogen-bond acceptors (Lipinski definition) is 8. The molecule has 0 aliphatic carbocycles. The van der Waals surface area contributed by atoms with E-state index in [0.717, 1.165) is 18.2 Å². The van der Waals surface area contributed by atoms with Crippen LogP contribution in [0, 0.1) is 0 Å². The van der Waals surface area contributed by atoms with Crippen molar-refractivity contribution in [2.24, 2.45) is 0 Å². The van der Waals surface area contributed by atoms with Crippen molar-refractivity contribution in [3.05, 3.63) is 75.4 Å². The van der Waals surface area contributed by atoms with Gasteiger partial charge in [-0.05, 0) is 25.3 Å². The fourth-order valence-electron chi connectivity index (χ4n) is 5.45. The molecule has 3 heterocycles. The molecule has 1 saturated heterocycles. The Balaban J connectivity index is 1.40. The zero-order chi connectivity index (χ0) is 29.8. The second-order valence-corrected chi connectivity index (χ2v) is 11.1. The number of ketones is 1. The molecule has 1 N–H and O–H groups in total. The van der Waals surface area contributed by atoms with Crippen LogP contribution in [0.25, 0.3) is 21.0 Å². The van der Waals surface area contributed by atoms with Crippen LogP contribution in [0.1, 0.15) is 46.2 Å². The average Bonchev–Trinajstić information content (AvgIpc) is 3.63. The molecule has 10 nitrogen and oxygen atoms in total. The van der Waals surface area contributed by atoms with Crippen molar-refractivity contribution < 1.29 is 28.7 Å². The number of esters is 1. The van der Waals surface area contributed by atoms with Crippen LogP contribution in [0.15, 0.2) is 59.4 Å². The van der Waals surface area contributed by atoms with Crippen molar-refractivity contribution in [2.75, 3.05) is 26.8 Å². The molecule has 5 rings (SSSR count). The van der Waals surface area contributed by atoms with Crippen molar-refractivity contribution in [1.82, 2.24) is 14.8 Å². The number of methoxy groups -OCH3 is 1. The third-order valence-corrected chi connectivity index (χ3v) is 8.63. The predicted octanol–water partition coefficient (Wildman–Crippen LogP) is 3.78. The van der Waals surface area contributed by atoms with Gasteiger partial charge in [-0.25, -0.2) is 0 Å². The van der Waals surface area contributed by atoms with Crippen LogP contribution in [0.3, 0.4) is 0 Å². The van der Waals surface area contributed by atoms with Gasteiger partial charge in [-0.2, -0.15) is 0 Å². The second-order valence-electron chi connectivity index (χ2n) is 10.1. The van der Waals surface area contributed by atoms with Gasteiger partial charge in [-0.3, -0.25) is 28.5 Å². The molecule has 1 unspecified atom stereocenters. The molecular weight excluding hydrogens is 558 g/mol. The first kappa shape index (κ1) is 29.0. The normalized spacial score (nSPS) is 14.7. The largest absolute Gasteiger partial charge is 0.494 e. The van der Waals surface area contributed by atoms with Gasteiger partial charge in [0, 0.05) is 37.0 Å². The van der Waals surface area contributed by atoms with E-state index in [0.29, 0.717) is 35.3 Å². The third-order valence-electron chi connectivity index (χ3n) is 7.43. The molecule has 42 heavy (non-hydrogen) atoms. The first-order chi connectivity index (χ1) is 20.3. The van der Waals surface area contributed by atoms with E-state index >= 15 is 0 Å². The summed E-state index contributed by atoms with van der Waals surface area (Å²) in [5.74, 6) is -1.19. The number of likely N-dealkylation sites (tertiary alicyclic amines) is 1. The average molecular weight is 590 g/mol. The first-order valence-electron chi connectivity index (χ1n) is 13.7. The number of thiophene rings is 1. The number of aromatic nitrogens is 1. The third kappa shape index (κ3) is 5.78. The minimum absolute atomic E-state index is 0.0732. The van der Waals surface area contributed by atoms with E-state index in [-0.39, 0.29) is 52.8 Å². The second kappa shape index (κ2) is 12.6. The molecule has 2 aromatic carbocycles. The summed E-state index contributed by atoms with van der Waals surface area (Å²) in [6.07, 6.45) is 2.16. The quantitative estimate of drug-likeness (QED) is 0.221.